The molecule has 20 heteroatoms. The molecule has 1 saturated heterocycles. The van der Waals surface area contributed by atoms with Crippen LogP contribution in [0, 0.1) is 0 Å². The van der Waals surface area contributed by atoms with E-state index in [0.717, 1.165) is 16.4 Å². The van der Waals surface area contributed by atoms with E-state index in [2.05, 4.69) is 19.3 Å². The number of aromatic nitrogens is 4. The Morgan fingerprint density at radius 2 is 1.85 bits per heavy atom. The lowest BCUT2D eigenvalue weighted by Crippen LogP contribution is -2.48. The minimum atomic E-state index is -5.10. The van der Waals surface area contributed by atoms with Gasteiger partial charge in [0.2, 0.25) is 0 Å². The highest BCUT2D eigenvalue weighted by Gasteiger charge is 2.47. The van der Waals surface area contributed by atoms with E-state index in [4.69, 9.17) is 15.0 Å². The van der Waals surface area contributed by atoms with Gasteiger partial charge in [0.05, 0.1) is 24.0 Å². The summed E-state index contributed by atoms with van der Waals surface area (Å²) in [4.78, 5) is 32.1. The van der Waals surface area contributed by atoms with Gasteiger partial charge in [0.1, 0.15) is 30.2 Å². The molecule has 0 spiro atoms. The van der Waals surface area contributed by atoms with Gasteiger partial charge in [-0.3, -0.25) is 9.09 Å². The number of ether oxygens (including phenoxy) is 1. The van der Waals surface area contributed by atoms with Crippen LogP contribution in [0.3, 0.4) is 0 Å². The summed E-state index contributed by atoms with van der Waals surface area (Å²) in [6, 6.07) is 0. The number of phosphoric ester groups is 1. The number of anilines is 1. The lowest BCUT2D eigenvalue weighted by molar-refractivity contribution is -0.185. The first-order valence-electron chi connectivity index (χ1n) is 11.4. The van der Waals surface area contributed by atoms with Crippen LogP contribution in [0.5, 0.6) is 0 Å². The highest BCUT2D eigenvalue weighted by atomic mass is 33.3. The molecular weight excluding hydrogens is 598 g/mol. The predicted octanol–water partition coefficient (Wildman–Crippen LogP) is 1.83. The molecule has 0 aliphatic carbocycles. The number of hydrogen-bond acceptors (Lipinski definition) is 15. The summed E-state index contributed by atoms with van der Waals surface area (Å²) in [5.41, 5.74) is 5.66. The van der Waals surface area contributed by atoms with Crippen LogP contribution in [-0.4, -0.2) is 91.5 Å². The summed E-state index contributed by atoms with van der Waals surface area (Å²) < 4.78 is 41.1. The molecule has 2 aliphatic rings. The SMILES string of the molecule is CC1(C)C=C(CSSP(=O)(O)OP(=O)(O)OC[C@H]2O[C@@H](n3cnc4c(N)ncnc43)[C@H](O)[C@@H]2O)C(C)(C)N1O. The van der Waals surface area contributed by atoms with E-state index in [1.807, 2.05) is 19.9 Å². The van der Waals surface area contributed by atoms with E-state index >= 15 is 0 Å². The van der Waals surface area contributed by atoms with Crippen molar-refractivity contribution < 1.29 is 47.9 Å². The van der Waals surface area contributed by atoms with Gasteiger partial charge in [-0.1, -0.05) is 16.9 Å². The molecular formula is C19H30N6O10P2S2. The third kappa shape index (κ3) is 6.38. The van der Waals surface area contributed by atoms with Crippen molar-refractivity contribution in [3.63, 3.8) is 0 Å². The molecule has 4 heterocycles. The normalized spacial score (nSPS) is 29.8. The van der Waals surface area contributed by atoms with Gasteiger partial charge in [-0.05, 0) is 33.3 Å². The van der Waals surface area contributed by atoms with Crippen LogP contribution in [0.2, 0.25) is 0 Å². The Hall–Kier alpha value is -1.11. The zero-order valence-electron chi connectivity index (χ0n) is 21.3. The summed E-state index contributed by atoms with van der Waals surface area (Å²) in [6.07, 6.45) is -1.27. The van der Waals surface area contributed by atoms with Crippen molar-refractivity contribution in [3.05, 3.63) is 24.3 Å². The number of phosphoric acid groups is 1. The van der Waals surface area contributed by atoms with E-state index in [1.54, 1.807) is 13.8 Å². The van der Waals surface area contributed by atoms with Crippen molar-refractivity contribution in [2.24, 2.45) is 0 Å². The van der Waals surface area contributed by atoms with E-state index < -0.39 is 56.8 Å². The summed E-state index contributed by atoms with van der Waals surface area (Å²) in [7, 11) is -3.84. The zero-order valence-corrected chi connectivity index (χ0v) is 24.7. The van der Waals surface area contributed by atoms with Crippen molar-refractivity contribution >= 4 is 52.8 Å². The van der Waals surface area contributed by atoms with Crippen molar-refractivity contribution in [1.29, 1.82) is 0 Å². The Kier molecular flexibility index (Phi) is 8.65. The standard InChI is InChI=1S/C19H30N6O10P2S2/c1-18(2)5-10(19(3,4)25(18)28)7-38-39-37(31,32)35-36(29,30)33-6-11-13(26)14(27)17(34-11)24-9-23-12-15(20)21-8-22-16(12)24/h5,8-9,11,13-14,17,26-28H,6-7H2,1-4H3,(H,29,30)(H,31,32)(H2,20,21,22)/t11-,13-,14-,17-/m1/s1. The molecule has 1 fully saturated rings. The maximum Gasteiger partial charge on any atom is 0.480 e. The number of imidazole rings is 1. The molecule has 16 nitrogen and oxygen atoms in total. The number of nitrogens with two attached hydrogens (primary N) is 1. The third-order valence-electron chi connectivity index (χ3n) is 6.36. The van der Waals surface area contributed by atoms with Crippen LogP contribution in [-0.2, 0) is 22.7 Å². The van der Waals surface area contributed by atoms with Gasteiger partial charge < -0.3 is 35.7 Å². The quantitative estimate of drug-likeness (QED) is 0.125. The molecule has 0 aromatic carbocycles. The first kappa shape index (κ1) is 30.8. The number of aliphatic hydroxyl groups excluding tert-OH is 2. The molecule has 0 bridgehead atoms. The van der Waals surface area contributed by atoms with E-state index in [9.17, 15) is 34.3 Å². The van der Waals surface area contributed by atoms with Crippen molar-refractivity contribution in [2.45, 2.75) is 63.3 Å². The second kappa shape index (κ2) is 10.9. The van der Waals surface area contributed by atoms with Crippen LogP contribution in [0.15, 0.2) is 24.3 Å². The first-order valence-corrected chi connectivity index (χ1v) is 17.4. The maximum atomic E-state index is 12.5. The lowest BCUT2D eigenvalue weighted by atomic mass is 9.98. The minimum Gasteiger partial charge on any atom is -0.387 e. The Morgan fingerprint density at radius 1 is 1.15 bits per heavy atom. The molecule has 7 N–H and O–H groups in total. The average molecular weight is 629 g/mol. The number of aliphatic hydroxyl groups is 2. The highest BCUT2D eigenvalue weighted by Crippen LogP contribution is 2.70. The number of rotatable bonds is 10. The van der Waals surface area contributed by atoms with Gasteiger partial charge in [-0.2, -0.15) is 9.37 Å². The molecule has 0 saturated carbocycles. The molecule has 218 valence electrons. The molecule has 0 radical (unpaired) electrons. The number of hydroxylamine groups is 2. The molecule has 2 aromatic rings. The molecule has 6 atom stereocenters. The largest absolute Gasteiger partial charge is 0.480 e. The smallest absolute Gasteiger partial charge is 0.387 e. The fourth-order valence-electron chi connectivity index (χ4n) is 4.38. The summed E-state index contributed by atoms with van der Waals surface area (Å²) in [5, 5.41) is 32.4. The van der Waals surface area contributed by atoms with Crippen LogP contribution < -0.4 is 5.73 Å². The fourth-order valence-corrected chi connectivity index (χ4v) is 11.2. The Bertz CT molecular complexity index is 1360. The van der Waals surface area contributed by atoms with Crippen molar-refractivity contribution in [3.8, 4) is 0 Å². The molecule has 4 rings (SSSR count). The molecule has 2 aliphatic heterocycles. The van der Waals surface area contributed by atoms with Gasteiger partial charge in [0, 0.05) is 16.2 Å². The van der Waals surface area contributed by atoms with Crippen LogP contribution in [0.1, 0.15) is 33.9 Å². The average Bonchev–Trinajstić information content (AvgIpc) is 3.41. The van der Waals surface area contributed by atoms with Gasteiger partial charge in [0.25, 0.3) is 0 Å². The van der Waals surface area contributed by atoms with Crippen LogP contribution in [0.4, 0.5) is 5.82 Å². The first-order chi connectivity index (χ1) is 18.0. The second-order valence-corrected chi connectivity index (χ2v) is 17.3. The highest BCUT2D eigenvalue weighted by molar-refractivity contribution is 8.98. The Balaban J connectivity index is 1.32. The Labute approximate surface area is 230 Å². The number of hydrogen-bond donors (Lipinski definition) is 6. The number of nitrogen functional groups attached to an aromatic ring is 1. The number of fused-ring (bicyclic) bond motifs is 1. The lowest BCUT2D eigenvalue weighted by Gasteiger charge is -2.36. The Morgan fingerprint density at radius 3 is 2.49 bits per heavy atom. The van der Waals surface area contributed by atoms with Gasteiger partial charge in [-0.25, -0.2) is 24.1 Å². The van der Waals surface area contributed by atoms with Crippen molar-refractivity contribution in [1.82, 2.24) is 24.6 Å². The monoisotopic (exact) mass is 628 g/mol. The summed E-state index contributed by atoms with van der Waals surface area (Å²) >= 11 is 0. The van der Waals surface area contributed by atoms with Gasteiger partial charge >= 0.3 is 14.6 Å². The fraction of sp³-hybridized carbons (Fsp3) is 0.632. The molecule has 2 aromatic heterocycles. The van der Waals surface area contributed by atoms with E-state index in [0.29, 0.717) is 10.4 Å². The predicted molar refractivity (Wildman–Crippen MR) is 142 cm³/mol. The topological polar surface area (TPSA) is 236 Å². The molecule has 39 heavy (non-hydrogen) atoms. The maximum absolute atomic E-state index is 12.5. The second-order valence-electron chi connectivity index (χ2n) is 9.97. The number of nitrogens with zero attached hydrogens (tertiary/aromatic N) is 5. The molecule has 2 unspecified atom stereocenters. The third-order valence-corrected chi connectivity index (χ3v) is 13.7. The summed E-state index contributed by atoms with van der Waals surface area (Å²) in [6.45, 7) is 1.77. The van der Waals surface area contributed by atoms with Gasteiger partial charge in [0.15, 0.2) is 17.7 Å². The van der Waals surface area contributed by atoms with Crippen LogP contribution >= 0.6 is 35.8 Å². The summed E-state index contributed by atoms with van der Waals surface area (Å²) in [5.74, 6) is 0.321. The van der Waals surface area contributed by atoms with Gasteiger partial charge in [-0.15, -0.1) is 0 Å². The molecule has 0 amide bonds. The van der Waals surface area contributed by atoms with Crippen LogP contribution in [0.25, 0.3) is 11.2 Å². The van der Waals surface area contributed by atoms with E-state index in [1.165, 1.54) is 22.3 Å². The van der Waals surface area contributed by atoms with E-state index in [-0.39, 0.29) is 22.7 Å². The zero-order chi connectivity index (χ0) is 29.0. The minimum absolute atomic E-state index is 0.0948. The van der Waals surface area contributed by atoms with Crippen molar-refractivity contribution in [2.75, 3.05) is 18.1 Å².